The second-order valence-electron chi connectivity index (χ2n) is 7.82. The third-order valence-electron chi connectivity index (χ3n) is 6.22. The van der Waals surface area contributed by atoms with Gasteiger partial charge in [-0.25, -0.2) is 0 Å². The first-order valence-corrected chi connectivity index (χ1v) is 10.4. The fraction of sp³-hybridized carbons (Fsp3) is 0.450. The Bertz CT molecular complexity index is 959. The van der Waals surface area contributed by atoms with Crippen LogP contribution in [-0.4, -0.2) is 56.2 Å². The molecule has 2 aliphatic carbocycles. The minimum absolute atomic E-state index is 0.134. The largest absolute Gasteiger partial charge is 0.326 e. The van der Waals surface area contributed by atoms with Crippen LogP contribution in [0.5, 0.6) is 0 Å². The molecule has 1 saturated heterocycles. The summed E-state index contributed by atoms with van der Waals surface area (Å²) in [5.74, 6) is -0.573. The molecular weight excluding hydrogens is 376 g/mol. The Balaban J connectivity index is 1.30. The zero-order valence-corrected chi connectivity index (χ0v) is 16.2. The molecule has 1 aromatic heterocycles. The van der Waals surface area contributed by atoms with Crippen LogP contribution in [-0.2, 0) is 20.9 Å². The van der Waals surface area contributed by atoms with E-state index < -0.39 is 17.4 Å². The number of amides is 2. The number of Topliss-reactive ketones (excluding diaryl/α,β-unsaturated/α-hetero) is 1. The number of benzene rings is 1. The maximum absolute atomic E-state index is 12.8. The fourth-order valence-electron chi connectivity index (χ4n) is 4.81. The summed E-state index contributed by atoms with van der Waals surface area (Å²) in [6, 6.07) is 9.75. The SMILES string of the molecule is O=C1C(=O)N(C23CCC(CC2=O)C3)CCN1Cc1nnc(-c2ccccc2)s1. The van der Waals surface area contributed by atoms with Crippen LogP contribution in [0.3, 0.4) is 0 Å². The van der Waals surface area contributed by atoms with Crippen molar-refractivity contribution in [2.75, 3.05) is 13.1 Å². The molecule has 3 fully saturated rings. The second-order valence-corrected chi connectivity index (χ2v) is 8.88. The Morgan fingerprint density at radius 2 is 1.89 bits per heavy atom. The maximum atomic E-state index is 12.8. The molecule has 1 aliphatic heterocycles. The van der Waals surface area contributed by atoms with Crippen LogP contribution in [0, 0.1) is 5.92 Å². The maximum Gasteiger partial charge on any atom is 0.313 e. The number of hydrogen-bond acceptors (Lipinski definition) is 6. The van der Waals surface area contributed by atoms with Crippen LogP contribution >= 0.6 is 11.3 Å². The van der Waals surface area contributed by atoms with Gasteiger partial charge in [0, 0.05) is 25.1 Å². The molecule has 28 heavy (non-hydrogen) atoms. The van der Waals surface area contributed by atoms with Crippen LogP contribution in [0.1, 0.15) is 30.7 Å². The average molecular weight is 396 g/mol. The molecule has 2 bridgehead atoms. The van der Waals surface area contributed by atoms with Crippen LogP contribution in [0.15, 0.2) is 30.3 Å². The number of ketones is 1. The van der Waals surface area contributed by atoms with Gasteiger partial charge in [0.25, 0.3) is 0 Å². The van der Waals surface area contributed by atoms with Gasteiger partial charge in [-0.1, -0.05) is 41.7 Å². The highest BCUT2D eigenvalue weighted by molar-refractivity contribution is 7.14. The lowest BCUT2D eigenvalue weighted by Crippen LogP contribution is -2.63. The number of rotatable bonds is 4. The highest BCUT2D eigenvalue weighted by atomic mass is 32.1. The van der Waals surface area contributed by atoms with E-state index >= 15 is 0 Å². The monoisotopic (exact) mass is 396 g/mol. The van der Waals surface area contributed by atoms with E-state index in [-0.39, 0.29) is 12.3 Å². The third kappa shape index (κ3) is 2.66. The molecule has 144 valence electrons. The molecule has 0 N–H and O–H groups in total. The summed E-state index contributed by atoms with van der Waals surface area (Å²) in [6.07, 6.45) is 2.95. The van der Waals surface area contributed by atoms with Gasteiger partial charge in [-0.3, -0.25) is 14.4 Å². The second kappa shape index (κ2) is 6.48. The minimum Gasteiger partial charge on any atom is -0.326 e. The van der Waals surface area contributed by atoms with Crippen LogP contribution in [0.2, 0.25) is 0 Å². The van der Waals surface area contributed by atoms with Crippen molar-refractivity contribution in [3.05, 3.63) is 35.3 Å². The summed E-state index contributed by atoms with van der Waals surface area (Å²) in [7, 11) is 0. The lowest BCUT2D eigenvalue weighted by Gasteiger charge is -2.43. The number of nitrogens with zero attached hydrogens (tertiary/aromatic N) is 4. The summed E-state index contributed by atoms with van der Waals surface area (Å²) in [6.45, 7) is 1.10. The van der Waals surface area contributed by atoms with Gasteiger partial charge in [-0.05, 0) is 25.2 Å². The Morgan fingerprint density at radius 1 is 1.07 bits per heavy atom. The van der Waals surface area contributed by atoms with Gasteiger partial charge < -0.3 is 9.80 Å². The van der Waals surface area contributed by atoms with Gasteiger partial charge in [0.2, 0.25) is 0 Å². The van der Waals surface area contributed by atoms with E-state index in [0.717, 1.165) is 23.4 Å². The number of aromatic nitrogens is 2. The molecule has 7 nitrogen and oxygen atoms in total. The average Bonchev–Trinajstić information content (AvgIpc) is 3.41. The van der Waals surface area contributed by atoms with E-state index in [9.17, 15) is 14.4 Å². The minimum atomic E-state index is -0.716. The molecule has 2 saturated carbocycles. The van der Waals surface area contributed by atoms with E-state index in [1.54, 1.807) is 4.90 Å². The van der Waals surface area contributed by atoms with Crippen LogP contribution in [0.25, 0.3) is 10.6 Å². The Labute approximate surface area is 166 Å². The summed E-state index contributed by atoms with van der Waals surface area (Å²) in [5, 5.41) is 9.88. The van der Waals surface area contributed by atoms with Crippen molar-refractivity contribution in [2.24, 2.45) is 5.92 Å². The molecule has 3 aliphatic rings. The first-order chi connectivity index (χ1) is 13.6. The smallest absolute Gasteiger partial charge is 0.313 e. The van der Waals surface area contributed by atoms with Crippen molar-refractivity contribution in [3.63, 3.8) is 0 Å². The summed E-state index contributed by atoms with van der Waals surface area (Å²) in [4.78, 5) is 41.1. The normalized spacial score (nSPS) is 27.1. The van der Waals surface area contributed by atoms with Gasteiger partial charge >= 0.3 is 11.8 Å². The molecule has 2 amide bonds. The van der Waals surface area contributed by atoms with Gasteiger partial charge in [0.05, 0.1) is 6.54 Å². The molecule has 2 aromatic rings. The van der Waals surface area contributed by atoms with Crippen molar-refractivity contribution >= 4 is 28.9 Å². The van der Waals surface area contributed by atoms with E-state index in [0.29, 0.717) is 36.9 Å². The van der Waals surface area contributed by atoms with E-state index in [2.05, 4.69) is 10.2 Å². The van der Waals surface area contributed by atoms with Crippen molar-refractivity contribution < 1.29 is 14.4 Å². The van der Waals surface area contributed by atoms with Gasteiger partial charge in [0.15, 0.2) is 5.78 Å². The molecular formula is C20H20N4O3S. The first kappa shape index (κ1) is 17.5. The predicted octanol–water partition coefficient (Wildman–Crippen LogP) is 1.89. The van der Waals surface area contributed by atoms with Crippen molar-refractivity contribution in [2.45, 2.75) is 37.8 Å². The zero-order chi connectivity index (χ0) is 19.3. The van der Waals surface area contributed by atoms with Crippen LogP contribution < -0.4 is 0 Å². The van der Waals surface area contributed by atoms with Crippen molar-refractivity contribution in [1.29, 1.82) is 0 Å². The summed E-state index contributed by atoms with van der Waals surface area (Å²) in [5.41, 5.74) is 0.264. The quantitative estimate of drug-likeness (QED) is 0.737. The van der Waals surface area contributed by atoms with Gasteiger partial charge in [-0.15, -0.1) is 10.2 Å². The summed E-state index contributed by atoms with van der Waals surface area (Å²) >= 11 is 1.42. The molecule has 0 spiro atoms. The molecule has 0 radical (unpaired) electrons. The molecule has 2 atom stereocenters. The number of hydrogen-bond donors (Lipinski definition) is 0. The highest BCUT2D eigenvalue weighted by Crippen LogP contribution is 2.49. The van der Waals surface area contributed by atoms with Gasteiger partial charge in [0.1, 0.15) is 15.6 Å². The Morgan fingerprint density at radius 3 is 2.61 bits per heavy atom. The molecule has 2 unspecified atom stereocenters. The molecule has 2 heterocycles. The molecule has 8 heteroatoms. The highest BCUT2D eigenvalue weighted by Gasteiger charge is 2.58. The van der Waals surface area contributed by atoms with Gasteiger partial charge in [-0.2, -0.15) is 0 Å². The Hall–Kier alpha value is -2.61. The van der Waals surface area contributed by atoms with Crippen molar-refractivity contribution in [1.82, 2.24) is 20.0 Å². The predicted molar refractivity (Wildman–Crippen MR) is 102 cm³/mol. The topological polar surface area (TPSA) is 83.5 Å². The number of carbonyl (C=O) groups is 3. The number of carbonyl (C=O) groups excluding carboxylic acids is 3. The standard InChI is InChI=1S/C20H20N4O3S/c25-15-10-13-6-7-20(15,11-13)24-9-8-23(18(26)19(24)27)12-16-21-22-17(28-16)14-4-2-1-3-5-14/h1-5,13H,6-12H2. The first-order valence-electron chi connectivity index (χ1n) is 9.59. The third-order valence-corrected chi connectivity index (χ3v) is 7.18. The lowest BCUT2D eigenvalue weighted by molar-refractivity contribution is -0.163. The van der Waals surface area contributed by atoms with E-state index in [1.165, 1.54) is 16.2 Å². The number of piperazine rings is 1. The lowest BCUT2D eigenvalue weighted by atomic mass is 9.89. The Kier molecular flexibility index (Phi) is 4.04. The number of fused-ring (bicyclic) bond motifs is 2. The fourth-order valence-corrected chi connectivity index (χ4v) is 5.67. The van der Waals surface area contributed by atoms with Crippen LogP contribution in [0.4, 0.5) is 0 Å². The molecule has 1 aromatic carbocycles. The zero-order valence-electron chi connectivity index (χ0n) is 15.3. The summed E-state index contributed by atoms with van der Waals surface area (Å²) < 4.78 is 0. The van der Waals surface area contributed by atoms with E-state index in [4.69, 9.17) is 0 Å². The van der Waals surface area contributed by atoms with E-state index in [1.807, 2.05) is 30.3 Å². The molecule has 5 rings (SSSR count). The van der Waals surface area contributed by atoms with Crippen molar-refractivity contribution in [3.8, 4) is 10.6 Å².